The maximum atomic E-state index is 8.99. The normalized spacial score (nSPS) is 10.8. The molecule has 0 atom stereocenters. The van der Waals surface area contributed by atoms with Gasteiger partial charge in [-0.05, 0) is 32.4 Å². The summed E-state index contributed by atoms with van der Waals surface area (Å²) in [7, 11) is 0. The molecule has 1 aromatic rings. The van der Waals surface area contributed by atoms with Crippen LogP contribution in [0.2, 0.25) is 5.28 Å². The van der Waals surface area contributed by atoms with Crippen molar-refractivity contribution in [1.82, 2.24) is 9.97 Å². The van der Waals surface area contributed by atoms with E-state index in [-0.39, 0.29) is 17.9 Å². The van der Waals surface area contributed by atoms with Crippen LogP contribution in [-0.2, 0) is 0 Å². The molecule has 0 bridgehead atoms. The van der Waals surface area contributed by atoms with Gasteiger partial charge in [0.25, 0.3) is 0 Å². The highest BCUT2D eigenvalue weighted by Gasteiger charge is 2.14. The molecule has 0 unspecified atom stereocenters. The van der Waals surface area contributed by atoms with Gasteiger partial charge >= 0.3 is 0 Å². The van der Waals surface area contributed by atoms with Crippen molar-refractivity contribution in [3.8, 4) is 0 Å². The second kappa shape index (κ2) is 5.28. The molecule has 0 saturated carbocycles. The third-order valence-electron chi connectivity index (χ3n) is 2.15. The zero-order chi connectivity index (χ0) is 11.4. The number of hydrogen-bond acceptors (Lipinski definition) is 4. The quantitative estimate of drug-likeness (QED) is 0.798. The van der Waals surface area contributed by atoms with Crippen molar-refractivity contribution in [2.24, 2.45) is 0 Å². The van der Waals surface area contributed by atoms with Gasteiger partial charge in [0.2, 0.25) is 5.28 Å². The van der Waals surface area contributed by atoms with E-state index in [1.165, 1.54) is 0 Å². The van der Waals surface area contributed by atoms with Crippen molar-refractivity contribution in [2.75, 3.05) is 18.1 Å². The smallest absolute Gasteiger partial charge is 0.224 e. The Hall–Kier alpha value is -0.870. The number of aryl methyl sites for hydroxylation is 1. The van der Waals surface area contributed by atoms with Crippen LogP contribution in [0.25, 0.3) is 0 Å². The summed E-state index contributed by atoms with van der Waals surface area (Å²) in [6.45, 7) is 6.67. The number of rotatable bonds is 4. The number of nitrogens with zero attached hydrogens (tertiary/aromatic N) is 3. The van der Waals surface area contributed by atoms with Crippen LogP contribution in [0.15, 0.2) is 6.20 Å². The minimum atomic E-state index is 0.0965. The summed E-state index contributed by atoms with van der Waals surface area (Å²) in [6.07, 6.45) is 1.69. The van der Waals surface area contributed by atoms with Gasteiger partial charge in [-0.25, -0.2) is 9.97 Å². The summed E-state index contributed by atoms with van der Waals surface area (Å²) >= 11 is 5.75. The van der Waals surface area contributed by atoms with Gasteiger partial charge in [-0.3, -0.25) is 0 Å². The Balaban J connectivity index is 3.04. The van der Waals surface area contributed by atoms with Crippen LogP contribution in [-0.4, -0.2) is 34.3 Å². The van der Waals surface area contributed by atoms with Gasteiger partial charge in [0.1, 0.15) is 5.82 Å². The van der Waals surface area contributed by atoms with E-state index < -0.39 is 0 Å². The van der Waals surface area contributed by atoms with Gasteiger partial charge < -0.3 is 10.0 Å². The number of aliphatic hydroxyl groups excluding tert-OH is 1. The Morgan fingerprint density at radius 3 is 2.73 bits per heavy atom. The minimum Gasteiger partial charge on any atom is -0.395 e. The second-order valence-corrected chi connectivity index (χ2v) is 3.99. The van der Waals surface area contributed by atoms with Crippen molar-refractivity contribution in [2.45, 2.75) is 26.8 Å². The van der Waals surface area contributed by atoms with Crippen LogP contribution in [0.3, 0.4) is 0 Å². The molecular weight excluding hydrogens is 214 g/mol. The van der Waals surface area contributed by atoms with Crippen LogP contribution >= 0.6 is 11.6 Å². The molecule has 1 N–H and O–H groups in total. The third-order valence-corrected chi connectivity index (χ3v) is 2.33. The van der Waals surface area contributed by atoms with E-state index >= 15 is 0 Å². The zero-order valence-corrected chi connectivity index (χ0v) is 9.99. The maximum absolute atomic E-state index is 8.99. The highest BCUT2D eigenvalue weighted by Crippen LogP contribution is 2.19. The van der Waals surface area contributed by atoms with Gasteiger partial charge in [0, 0.05) is 24.3 Å². The van der Waals surface area contributed by atoms with Crippen molar-refractivity contribution in [3.63, 3.8) is 0 Å². The molecule has 15 heavy (non-hydrogen) atoms. The first-order valence-corrected chi connectivity index (χ1v) is 5.30. The molecule has 1 rings (SSSR count). The average molecular weight is 230 g/mol. The Bertz CT molecular complexity index is 330. The molecule has 0 aliphatic rings. The first-order valence-electron chi connectivity index (χ1n) is 4.93. The molecule has 0 fully saturated rings. The van der Waals surface area contributed by atoms with Crippen LogP contribution in [0.5, 0.6) is 0 Å². The number of hydrogen-bond donors (Lipinski definition) is 1. The molecule has 0 aliphatic carbocycles. The fourth-order valence-electron chi connectivity index (χ4n) is 1.42. The summed E-state index contributed by atoms with van der Waals surface area (Å²) in [6, 6.07) is 0.266. The molecule has 4 nitrogen and oxygen atoms in total. The van der Waals surface area contributed by atoms with Crippen molar-refractivity contribution in [3.05, 3.63) is 17.0 Å². The second-order valence-electron chi connectivity index (χ2n) is 3.66. The number of aromatic nitrogens is 2. The SMILES string of the molecule is Cc1cnc(Cl)nc1N(CCO)C(C)C. The minimum absolute atomic E-state index is 0.0965. The molecule has 0 spiro atoms. The molecule has 0 amide bonds. The predicted molar refractivity (Wildman–Crippen MR) is 61.3 cm³/mol. The summed E-state index contributed by atoms with van der Waals surface area (Å²) < 4.78 is 0. The Morgan fingerprint density at radius 1 is 1.53 bits per heavy atom. The monoisotopic (exact) mass is 229 g/mol. The summed E-state index contributed by atoms with van der Waals surface area (Å²) in [5.74, 6) is 0.791. The molecule has 1 aromatic heterocycles. The zero-order valence-electron chi connectivity index (χ0n) is 9.24. The van der Waals surface area contributed by atoms with Crippen LogP contribution in [0, 0.1) is 6.92 Å². The maximum Gasteiger partial charge on any atom is 0.224 e. The fraction of sp³-hybridized carbons (Fsp3) is 0.600. The first kappa shape index (κ1) is 12.2. The van der Waals surface area contributed by atoms with E-state index in [1.807, 2.05) is 25.7 Å². The topological polar surface area (TPSA) is 49.2 Å². The molecule has 1 heterocycles. The van der Waals surface area contributed by atoms with Gasteiger partial charge in [-0.15, -0.1) is 0 Å². The molecular formula is C10H16ClN3O. The lowest BCUT2D eigenvalue weighted by Gasteiger charge is -2.28. The van der Waals surface area contributed by atoms with Gasteiger partial charge in [0.05, 0.1) is 6.61 Å². The lowest BCUT2D eigenvalue weighted by molar-refractivity contribution is 0.298. The third kappa shape index (κ3) is 3.04. The molecule has 0 saturated heterocycles. The van der Waals surface area contributed by atoms with E-state index in [1.54, 1.807) is 6.20 Å². The highest BCUT2D eigenvalue weighted by molar-refractivity contribution is 6.28. The molecule has 5 heteroatoms. The Kier molecular flexibility index (Phi) is 4.29. The highest BCUT2D eigenvalue weighted by atomic mass is 35.5. The largest absolute Gasteiger partial charge is 0.395 e. The first-order chi connectivity index (χ1) is 7.06. The number of halogens is 1. The summed E-state index contributed by atoms with van der Waals surface area (Å²) in [5.41, 5.74) is 0.960. The number of anilines is 1. The van der Waals surface area contributed by atoms with Crippen molar-refractivity contribution >= 4 is 17.4 Å². The average Bonchev–Trinajstić information content (AvgIpc) is 2.18. The Morgan fingerprint density at radius 2 is 2.20 bits per heavy atom. The standard InChI is InChI=1S/C10H16ClN3O/c1-7(2)14(4-5-15)9-8(3)6-12-10(11)13-9/h6-7,15H,4-5H2,1-3H3. The van der Waals surface area contributed by atoms with Crippen molar-refractivity contribution < 1.29 is 5.11 Å². The fourth-order valence-corrected chi connectivity index (χ4v) is 1.55. The molecule has 0 aliphatic heterocycles. The van der Waals surface area contributed by atoms with Gasteiger partial charge in [-0.2, -0.15) is 0 Å². The lowest BCUT2D eigenvalue weighted by atomic mass is 10.2. The van der Waals surface area contributed by atoms with E-state index in [0.717, 1.165) is 11.4 Å². The van der Waals surface area contributed by atoms with E-state index in [2.05, 4.69) is 9.97 Å². The van der Waals surface area contributed by atoms with Crippen molar-refractivity contribution in [1.29, 1.82) is 0 Å². The van der Waals surface area contributed by atoms with E-state index in [4.69, 9.17) is 16.7 Å². The van der Waals surface area contributed by atoms with Crippen LogP contribution < -0.4 is 4.90 Å². The molecule has 0 radical (unpaired) electrons. The Labute approximate surface area is 94.9 Å². The van der Waals surface area contributed by atoms with Crippen LogP contribution in [0.4, 0.5) is 5.82 Å². The molecule has 84 valence electrons. The van der Waals surface area contributed by atoms with E-state index in [9.17, 15) is 0 Å². The summed E-state index contributed by atoms with van der Waals surface area (Å²) in [5, 5.41) is 9.22. The molecule has 0 aromatic carbocycles. The lowest BCUT2D eigenvalue weighted by Crippen LogP contribution is -2.34. The number of aliphatic hydroxyl groups is 1. The van der Waals surface area contributed by atoms with Crippen LogP contribution in [0.1, 0.15) is 19.4 Å². The predicted octanol–water partition coefficient (Wildman–Crippen LogP) is 1.65. The van der Waals surface area contributed by atoms with E-state index in [0.29, 0.717) is 6.54 Å². The summed E-state index contributed by atoms with van der Waals surface area (Å²) in [4.78, 5) is 10.1. The van der Waals surface area contributed by atoms with Gasteiger partial charge in [-0.1, -0.05) is 0 Å². The van der Waals surface area contributed by atoms with Gasteiger partial charge in [0.15, 0.2) is 0 Å².